The average Bonchev–Trinajstić information content (AvgIpc) is 2.79. The summed E-state index contributed by atoms with van der Waals surface area (Å²) >= 11 is 0. The summed E-state index contributed by atoms with van der Waals surface area (Å²) in [5.41, 5.74) is 7.86. The molecule has 3 heteroatoms. The molecule has 0 aromatic heterocycles. The van der Waals surface area contributed by atoms with Crippen molar-refractivity contribution in [3.63, 3.8) is 0 Å². The van der Waals surface area contributed by atoms with Crippen molar-refractivity contribution in [2.75, 3.05) is 25.6 Å². The van der Waals surface area contributed by atoms with Crippen molar-refractivity contribution in [1.29, 1.82) is 0 Å². The van der Waals surface area contributed by atoms with E-state index in [4.69, 9.17) is 15.2 Å². The normalized spacial score (nSPS) is 20.1. The Morgan fingerprint density at radius 2 is 2.25 bits per heavy atom. The van der Waals surface area contributed by atoms with Gasteiger partial charge >= 0.3 is 0 Å². The monoisotopic (exact) mass is 221 g/mol. The molecule has 0 saturated carbocycles. The number of para-hydroxylation sites is 1. The first-order chi connectivity index (χ1) is 7.86. The maximum absolute atomic E-state index is 5.84. The van der Waals surface area contributed by atoms with Crippen LogP contribution in [0, 0.1) is 0 Å². The van der Waals surface area contributed by atoms with Gasteiger partial charge < -0.3 is 15.2 Å². The maximum atomic E-state index is 5.84. The van der Waals surface area contributed by atoms with Crippen LogP contribution in [-0.2, 0) is 15.9 Å². The third kappa shape index (κ3) is 3.22. The van der Waals surface area contributed by atoms with Crippen LogP contribution in [0.15, 0.2) is 24.3 Å². The second kappa shape index (κ2) is 5.87. The Kier molecular flexibility index (Phi) is 4.19. The first-order valence-corrected chi connectivity index (χ1v) is 5.89. The lowest BCUT2D eigenvalue weighted by Gasteiger charge is -2.10. The highest BCUT2D eigenvalue weighted by Gasteiger charge is 2.14. The molecule has 1 unspecified atom stereocenters. The maximum Gasteiger partial charge on any atom is 0.0809 e. The van der Waals surface area contributed by atoms with Crippen molar-refractivity contribution in [2.24, 2.45) is 0 Å². The molecule has 88 valence electrons. The third-order valence-electron chi connectivity index (χ3n) is 2.90. The summed E-state index contributed by atoms with van der Waals surface area (Å²) in [6.07, 6.45) is 3.49. The number of hydrogen-bond donors (Lipinski definition) is 1. The van der Waals surface area contributed by atoms with Gasteiger partial charge in [0, 0.05) is 12.3 Å². The zero-order chi connectivity index (χ0) is 11.2. The summed E-state index contributed by atoms with van der Waals surface area (Å²) < 4.78 is 11.1. The van der Waals surface area contributed by atoms with Crippen molar-refractivity contribution in [3.8, 4) is 0 Å². The SMILES string of the molecule is Nc1ccccc1CCOCC1CCCO1. The second-order valence-corrected chi connectivity index (χ2v) is 4.16. The predicted octanol–water partition coefficient (Wildman–Crippen LogP) is 2.01. The van der Waals surface area contributed by atoms with Crippen molar-refractivity contribution >= 4 is 5.69 Å². The van der Waals surface area contributed by atoms with Gasteiger partial charge in [-0.15, -0.1) is 0 Å². The van der Waals surface area contributed by atoms with Crippen molar-refractivity contribution < 1.29 is 9.47 Å². The lowest BCUT2D eigenvalue weighted by molar-refractivity contribution is 0.0183. The highest BCUT2D eigenvalue weighted by Crippen LogP contribution is 2.13. The molecule has 1 heterocycles. The molecule has 16 heavy (non-hydrogen) atoms. The molecule has 2 rings (SSSR count). The number of hydrogen-bond acceptors (Lipinski definition) is 3. The van der Waals surface area contributed by atoms with Gasteiger partial charge in [-0.2, -0.15) is 0 Å². The highest BCUT2D eigenvalue weighted by atomic mass is 16.5. The van der Waals surface area contributed by atoms with Crippen LogP contribution < -0.4 is 5.73 Å². The summed E-state index contributed by atoms with van der Waals surface area (Å²) in [6, 6.07) is 7.93. The predicted molar refractivity (Wildman–Crippen MR) is 64.4 cm³/mol. The lowest BCUT2D eigenvalue weighted by atomic mass is 10.1. The molecule has 1 aromatic carbocycles. The second-order valence-electron chi connectivity index (χ2n) is 4.16. The Labute approximate surface area is 96.5 Å². The Morgan fingerprint density at radius 1 is 1.38 bits per heavy atom. The summed E-state index contributed by atoms with van der Waals surface area (Å²) in [6.45, 7) is 2.32. The standard InChI is InChI=1S/C13H19NO2/c14-13-6-2-1-4-11(13)7-9-15-10-12-5-3-8-16-12/h1-2,4,6,12H,3,5,7-10,14H2. The largest absolute Gasteiger partial charge is 0.399 e. The van der Waals surface area contributed by atoms with Crippen LogP contribution >= 0.6 is 0 Å². The first kappa shape index (κ1) is 11.4. The van der Waals surface area contributed by atoms with E-state index in [1.54, 1.807) is 0 Å². The molecule has 2 N–H and O–H groups in total. The molecule has 0 spiro atoms. The first-order valence-electron chi connectivity index (χ1n) is 5.89. The van der Waals surface area contributed by atoms with Gasteiger partial charge in [-0.1, -0.05) is 18.2 Å². The summed E-state index contributed by atoms with van der Waals surface area (Å²) in [5.74, 6) is 0. The Bertz CT molecular complexity index is 321. The van der Waals surface area contributed by atoms with Crippen LogP contribution in [-0.4, -0.2) is 25.9 Å². The van der Waals surface area contributed by atoms with Crippen LogP contribution in [0.4, 0.5) is 5.69 Å². The van der Waals surface area contributed by atoms with Gasteiger partial charge in [0.05, 0.1) is 19.3 Å². The molecule has 1 atom stereocenters. The van der Waals surface area contributed by atoms with Gasteiger partial charge in [-0.05, 0) is 30.9 Å². The molecular weight excluding hydrogens is 202 g/mol. The van der Waals surface area contributed by atoms with E-state index < -0.39 is 0 Å². The van der Waals surface area contributed by atoms with E-state index in [1.165, 1.54) is 6.42 Å². The summed E-state index contributed by atoms with van der Waals surface area (Å²) in [7, 11) is 0. The van der Waals surface area contributed by atoms with Gasteiger partial charge in [0.15, 0.2) is 0 Å². The number of ether oxygens (including phenoxy) is 2. The molecule has 0 amide bonds. The van der Waals surface area contributed by atoms with Crippen LogP contribution in [0.1, 0.15) is 18.4 Å². The molecule has 0 aliphatic carbocycles. The quantitative estimate of drug-likeness (QED) is 0.611. The van der Waals surface area contributed by atoms with Crippen LogP contribution in [0.3, 0.4) is 0 Å². The molecule has 0 bridgehead atoms. The van der Waals surface area contributed by atoms with Gasteiger partial charge in [0.25, 0.3) is 0 Å². The molecular formula is C13H19NO2. The molecule has 1 aromatic rings. The van der Waals surface area contributed by atoms with E-state index in [-0.39, 0.29) is 0 Å². The molecule has 1 saturated heterocycles. The van der Waals surface area contributed by atoms with E-state index in [9.17, 15) is 0 Å². The van der Waals surface area contributed by atoms with E-state index in [1.807, 2.05) is 24.3 Å². The van der Waals surface area contributed by atoms with Crippen LogP contribution in [0.2, 0.25) is 0 Å². The Hall–Kier alpha value is -1.06. The highest BCUT2D eigenvalue weighted by molar-refractivity contribution is 5.46. The number of nitrogens with two attached hydrogens (primary N) is 1. The average molecular weight is 221 g/mol. The Morgan fingerprint density at radius 3 is 3.00 bits per heavy atom. The minimum Gasteiger partial charge on any atom is -0.399 e. The molecule has 1 aliphatic rings. The van der Waals surface area contributed by atoms with Crippen molar-refractivity contribution in [1.82, 2.24) is 0 Å². The van der Waals surface area contributed by atoms with E-state index in [2.05, 4.69) is 0 Å². The fraction of sp³-hybridized carbons (Fsp3) is 0.538. The smallest absolute Gasteiger partial charge is 0.0809 e. The third-order valence-corrected chi connectivity index (χ3v) is 2.90. The van der Waals surface area contributed by atoms with Gasteiger partial charge in [0.2, 0.25) is 0 Å². The van der Waals surface area contributed by atoms with Gasteiger partial charge in [0.1, 0.15) is 0 Å². The topological polar surface area (TPSA) is 44.5 Å². The van der Waals surface area contributed by atoms with E-state index >= 15 is 0 Å². The van der Waals surface area contributed by atoms with Gasteiger partial charge in [-0.25, -0.2) is 0 Å². The fourth-order valence-electron chi connectivity index (χ4n) is 1.93. The van der Waals surface area contributed by atoms with E-state index in [0.29, 0.717) is 19.3 Å². The fourth-order valence-corrected chi connectivity index (χ4v) is 1.93. The minimum absolute atomic E-state index is 0.313. The molecule has 0 radical (unpaired) electrons. The Balaban J connectivity index is 1.66. The van der Waals surface area contributed by atoms with E-state index in [0.717, 1.165) is 30.7 Å². The van der Waals surface area contributed by atoms with Gasteiger partial charge in [-0.3, -0.25) is 0 Å². The lowest BCUT2D eigenvalue weighted by Crippen LogP contribution is -2.15. The van der Waals surface area contributed by atoms with Crippen LogP contribution in [0.5, 0.6) is 0 Å². The molecule has 3 nitrogen and oxygen atoms in total. The number of nitrogen functional groups attached to an aromatic ring is 1. The molecule has 1 aliphatic heterocycles. The van der Waals surface area contributed by atoms with Crippen LogP contribution in [0.25, 0.3) is 0 Å². The van der Waals surface area contributed by atoms with Crippen molar-refractivity contribution in [3.05, 3.63) is 29.8 Å². The summed E-state index contributed by atoms with van der Waals surface area (Å²) in [4.78, 5) is 0. The number of benzene rings is 1. The summed E-state index contributed by atoms with van der Waals surface area (Å²) in [5, 5.41) is 0. The van der Waals surface area contributed by atoms with Crippen molar-refractivity contribution in [2.45, 2.75) is 25.4 Å². The minimum atomic E-state index is 0.313. The number of anilines is 1. The zero-order valence-corrected chi connectivity index (χ0v) is 9.52. The zero-order valence-electron chi connectivity index (χ0n) is 9.52. The molecule has 1 fully saturated rings. The number of rotatable bonds is 5.